The molecule has 0 aromatic carbocycles. The first-order valence-corrected chi connectivity index (χ1v) is 15.0. The molecule has 0 amide bonds. The average molecular weight is 553 g/mol. The van der Waals surface area contributed by atoms with E-state index in [0.717, 1.165) is 32.1 Å². The van der Waals surface area contributed by atoms with Crippen LogP contribution in [0.5, 0.6) is 0 Å². The minimum absolute atomic E-state index is 0.0903. The van der Waals surface area contributed by atoms with Crippen molar-refractivity contribution >= 4 is 23.6 Å². The van der Waals surface area contributed by atoms with Crippen LogP contribution in [0, 0.1) is 52.3 Å². The second-order valence-electron chi connectivity index (χ2n) is 13.4. The Morgan fingerprint density at radius 2 is 1.63 bits per heavy atom. The van der Waals surface area contributed by atoms with E-state index in [-0.39, 0.29) is 42.9 Å². The van der Waals surface area contributed by atoms with Gasteiger partial charge in [-0.15, -0.1) is 0 Å². The van der Waals surface area contributed by atoms with Gasteiger partial charge in [0.25, 0.3) is 0 Å². The van der Waals surface area contributed by atoms with E-state index in [9.17, 15) is 30.3 Å². The lowest BCUT2D eigenvalue weighted by atomic mass is 9.47. The van der Waals surface area contributed by atoms with E-state index in [0.29, 0.717) is 37.0 Å². The van der Waals surface area contributed by atoms with E-state index in [1.807, 2.05) is 19.2 Å². The Hall–Kier alpha value is -0.900. The number of allylic oxidation sites excluding steroid dienone is 1. The third-order valence-electron chi connectivity index (χ3n) is 11.2. The predicted octanol–water partition coefficient (Wildman–Crippen LogP) is 3.04. The molecule has 4 rings (SSSR count). The van der Waals surface area contributed by atoms with Crippen LogP contribution >= 0.6 is 12.2 Å². The maximum atomic E-state index is 12.0. The Balaban J connectivity index is 1.55. The van der Waals surface area contributed by atoms with E-state index in [4.69, 9.17) is 17.0 Å². The van der Waals surface area contributed by atoms with Crippen LogP contribution in [0.2, 0.25) is 0 Å². The molecule has 4 aliphatic carbocycles. The quantitative estimate of drug-likeness (QED) is 0.185. The van der Waals surface area contributed by atoms with Gasteiger partial charge in [0.05, 0.1) is 43.0 Å². The maximum absolute atomic E-state index is 12.0. The molecule has 0 aromatic rings. The number of ether oxygens (including phenoxy) is 1. The monoisotopic (exact) mass is 552 g/mol. The number of carbonyl (C=O) groups excluding carboxylic acids is 1. The first kappa shape index (κ1) is 30.1. The lowest BCUT2D eigenvalue weighted by molar-refractivity contribution is -0.247. The topological polar surface area (TPSA) is 127 Å². The molecule has 7 nitrogen and oxygen atoms in total. The number of aliphatic hydroxyl groups excluding tert-OH is 5. The lowest BCUT2D eigenvalue weighted by Gasteiger charge is -2.61. The van der Waals surface area contributed by atoms with Crippen LogP contribution in [-0.4, -0.2) is 74.5 Å². The third kappa shape index (κ3) is 5.26. The summed E-state index contributed by atoms with van der Waals surface area (Å²) in [5.41, 5.74) is -1.61. The highest BCUT2D eigenvalue weighted by Gasteiger charge is 2.63. The summed E-state index contributed by atoms with van der Waals surface area (Å²) < 4.78 is 5.50. The molecule has 38 heavy (non-hydrogen) atoms. The highest BCUT2D eigenvalue weighted by molar-refractivity contribution is 7.78. The van der Waals surface area contributed by atoms with Crippen LogP contribution in [0.1, 0.15) is 72.1 Å². The van der Waals surface area contributed by atoms with Crippen molar-refractivity contribution in [2.45, 2.75) is 96.6 Å². The van der Waals surface area contributed by atoms with E-state index >= 15 is 0 Å². The molecule has 4 saturated carbocycles. The zero-order valence-electron chi connectivity index (χ0n) is 23.1. The summed E-state index contributed by atoms with van der Waals surface area (Å²) in [6.45, 7) is 5.56. The zero-order valence-corrected chi connectivity index (χ0v) is 23.9. The van der Waals surface area contributed by atoms with Crippen molar-refractivity contribution in [2.75, 3.05) is 13.2 Å². The van der Waals surface area contributed by atoms with Gasteiger partial charge in [-0.3, -0.25) is 0 Å². The molecule has 216 valence electrons. The van der Waals surface area contributed by atoms with E-state index in [2.05, 4.69) is 0 Å². The molecule has 4 fully saturated rings. The largest absolute Gasteiger partial charge is 0.462 e. The Morgan fingerprint density at radius 3 is 2.29 bits per heavy atom. The van der Waals surface area contributed by atoms with Crippen molar-refractivity contribution in [3.63, 3.8) is 0 Å². The predicted molar refractivity (Wildman–Crippen MR) is 148 cm³/mol. The van der Waals surface area contributed by atoms with Gasteiger partial charge in [0, 0.05) is 12.0 Å². The van der Waals surface area contributed by atoms with Crippen molar-refractivity contribution in [1.29, 1.82) is 0 Å². The lowest BCUT2D eigenvalue weighted by Crippen LogP contribution is -2.67. The van der Waals surface area contributed by atoms with Gasteiger partial charge < -0.3 is 30.3 Å². The van der Waals surface area contributed by atoms with Gasteiger partial charge in [0.2, 0.25) is 0 Å². The Bertz CT molecular complexity index is 877. The average Bonchev–Trinajstić information content (AvgIpc) is 2.87. The summed E-state index contributed by atoms with van der Waals surface area (Å²) in [6, 6.07) is 0. The van der Waals surface area contributed by atoms with Gasteiger partial charge in [-0.25, -0.2) is 4.79 Å². The molecule has 0 aromatic heterocycles. The molecule has 0 saturated heterocycles. The maximum Gasteiger partial charge on any atom is 0.330 e. The fraction of sp³-hybridized carbons (Fsp3) is 0.867. The third-order valence-corrected chi connectivity index (χ3v) is 11.4. The van der Waals surface area contributed by atoms with Gasteiger partial charge in [0.15, 0.2) is 0 Å². The molecular formula is C30H48O7S. The highest BCUT2D eigenvalue weighted by Crippen LogP contribution is 2.60. The van der Waals surface area contributed by atoms with Crippen molar-refractivity contribution in [3.05, 3.63) is 12.2 Å². The number of thiocarbonyl (C=S) groups is 1. The Morgan fingerprint density at radius 1 is 0.974 bits per heavy atom. The van der Waals surface area contributed by atoms with E-state index in [1.165, 1.54) is 6.08 Å². The highest BCUT2D eigenvalue weighted by atomic mass is 32.1. The molecule has 12 atom stereocenters. The SMILES string of the molecule is C/C=C/C(=O)OCC1C(O)CCC2C1CCC(C1CC3CC(C)(C)[C@@H](O)[C@H](O)[C@]3(CO)[C@H](O)C1)C2CC=S. The van der Waals surface area contributed by atoms with Crippen LogP contribution in [-0.2, 0) is 9.53 Å². The molecule has 8 unspecified atom stereocenters. The molecular weight excluding hydrogens is 504 g/mol. The number of fused-ring (bicyclic) bond motifs is 2. The van der Waals surface area contributed by atoms with Crippen LogP contribution in [0.4, 0.5) is 0 Å². The van der Waals surface area contributed by atoms with Gasteiger partial charge in [-0.05, 0) is 105 Å². The molecule has 0 radical (unpaired) electrons. The fourth-order valence-electron chi connectivity index (χ4n) is 9.24. The first-order valence-electron chi connectivity index (χ1n) is 14.6. The normalized spacial score (nSPS) is 46.7. The van der Waals surface area contributed by atoms with Gasteiger partial charge in [-0.2, -0.15) is 0 Å². The van der Waals surface area contributed by atoms with E-state index in [1.54, 1.807) is 13.0 Å². The molecule has 0 aliphatic heterocycles. The molecule has 0 spiro atoms. The summed E-state index contributed by atoms with van der Waals surface area (Å²) in [5.74, 6) is 0.944. The summed E-state index contributed by atoms with van der Waals surface area (Å²) in [7, 11) is 0. The van der Waals surface area contributed by atoms with Crippen LogP contribution in [0.25, 0.3) is 0 Å². The van der Waals surface area contributed by atoms with Gasteiger partial charge >= 0.3 is 5.97 Å². The first-order chi connectivity index (χ1) is 18.0. The number of carbonyl (C=O) groups is 1. The Kier molecular flexibility index (Phi) is 9.43. The van der Waals surface area contributed by atoms with Crippen molar-refractivity contribution in [1.82, 2.24) is 0 Å². The number of aliphatic hydroxyl groups is 5. The summed E-state index contributed by atoms with van der Waals surface area (Å²) in [6.07, 6.45) is 5.70. The Labute approximate surface area is 232 Å². The molecule has 4 aliphatic rings. The fourth-order valence-corrected chi connectivity index (χ4v) is 9.46. The second kappa shape index (κ2) is 11.9. The molecule has 5 N–H and O–H groups in total. The zero-order chi connectivity index (χ0) is 27.8. The summed E-state index contributed by atoms with van der Waals surface area (Å²) in [4.78, 5) is 12.0. The van der Waals surface area contributed by atoms with Crippen LogP contribution < -0.4 is 0 Å². The minimum atomic E-state index is -1.17. The van der Waals surface area contributed by atoms with Crippen molar-refractivity contribution < 1.29 is 35.1 Å². The van der Waals surface area contributed by atoms with Crippen molar-refractivity contribution in [3.8, 4) is 0 Å². The molecule has 0 bridgehead atoms. The van der Waals surface area contributed by atoms with Crippen LogP contribution in [0.15, 0.2) is 12.2 Å². The van der Waals surface area contributed by atoms with Crippen LogP contribution in [0.3, 0.4) is 0 Å². The van der Waals surface area contributed by atoms with Crippen molar-refractivity contribution in [2.24, 2.45) is 52.3 Å². The van der Waals surface area contributed by atoms with E-state index < -0.39 is 35.2 Å². The smallest absolute Gasteiger partial charge is 0.330 e. The second-order valence-corrected chi connectivity index (χ2v) is 13.7. The number of hydrogen-bond acceptors (Lipinski definition) is 8. The molecule has 0 heterocycles. The molecule has 8 heteroatoms. The summed E-state index contributed by atoms with van der Waals surface area (Å²) >= 11 is 5.36. The van der Waals surface area contributed by atoms with Gasteiger partial charge in [0.1, 0.15) is 0 Å². The standard InChI is InChI=1S/C30H48O7S/c1-4-5-26(34)37-15-23-21-7-6-19(22(10-11-38)20(21)8-9-24(23)32)17-12-18-14-29(2,3)27(35)28(36)30(18,16-31)25(33)13-17/h4-5,11,17-25,27-28,31-33,35-36H,6-10,12-16H2,1-3H3/b5-4+/t17?,18?,19?,20?,21?,22?,23?,24?,25-,27+,28+,30+/m1/s1. The van der Waals surface area contributed by atoms with Gasteiger partial charge in [-0.1, -0.05) is 32.1 Å². The summed E-state index contributed by atoms with van der Waals surface area (Å²) in [5, 5.41) is 56.6. The number of hydrogen-bond donors (Lipinski definition) is 5. The minimum Gasteiger partial charge on any atom is -0.462 e. The number of rotatable bonds is 7. The number of esters is 1.